The number of thiophene rings is 1. The van der Waals surface area contributed by atoms with Crippen LogP contribution in [0.5, 0.6) is 0 Å². The molecule has 3 heterocycles. The summed E-state index contributed by atoms with van der Waals surface area (Å²) in [6, 6.07) is 7.20. The molecule has 5 rings (SSSR count). The third-order valence-corrected chi connectivity index (χ3v) is 8.87. The number of aryl methyl sites for hydroxylation is 2. The minimum Gasteiger partial charge on any atom is -0.467 e. The predicted octanol–water partition coefficient (Wildman–Crippen LogP) is 3.58. The molecule has 34 heavy (non-hydrogen) atoms. The predicted molar refractivity (Wildman–Crippen MR) is 133 cm³/mol. The van der Waals surface area contributed by atoms with Crippen molar-refractivity contribution in [2.45, 2.75) is 63.3 Å². The van der Waals surface area contributed by atoms with Gasteiger partial charge in [0.05, 0.1) is 18.2 Å². The Morgan fingerprint density at radius 3 is 2.74 bits per heavy atom. The quantitative estimate of drug-likeness (QED) is 0.305. The number of ether oxygens (including phenoxy) is 1. The number of esters is 1. The van der Waals surface area contributed by atoms with Crippen molar-refractivity contribution in [3.05, 3.63) is 56.2 Å². The molecule has 2 aliphatic rings. The maximum Gasteiger partial charge on any atom is 0.328 e. The summed E-state index contributed by atoms with van der Waals surface area (Å²) in [4.78, 5) is 47.6. The van der Waals surface area contributed by atoms with Crippen LogP contribution in [-0.2, 0) is 46.7 Å². The van der Waals surface area contributed by atoms with Crippen molar-refractivity contribution >= 4 is 45.2 Å². The zero-order valence-electron chi connectivity index (χ0n) is 19.3. The van der Waals surface area contributed by atoms with Crippen LogP contribution in [-0.4, -0.2) is 45.2 Å². The van der Waals surface area contributed by atoms with Gasteiger partial charge in [0.2, 0.25) is 5.91 Å². The SMILES string of the molecule is CCn1c(SCC(=O)N2Cc3ccccc3CC2C(=O)OC)nc2sc3c(c2c1=O)CCCC3. The number of methoxy groups -OCH3 is 1. The highest BCUT2D eigenvalue weighted by Crippen LogP contribution is 2.35. The summed E-state index contributed by atoms with van der Waals surface area (Å²) < 4.78 is 6.66. The average molecular weight is 498 g/mol. The van der Waals surface area contributed by atoms with Crippen molar-refractivity contribution in [1.29, 1.82) is 0 Å². The number of benzene rings is 1. The maximum absolute atomic E-state index is 13.3. The second-order valence-electron chi connectivity index (χ2n) is 8.66. The van der Waals surface area contributed by atoms with Crippen LogP contribution in [0.15, 0.2) is 34.2 Å². The molecule has 9 heteroatoms. The smallest absolute Gasteiger partial charge is 0.328 e. The highest BCUT2D eigenvalue weighted by atomic mass is 32.2. The molecule has 1 aromatic carbocycles. The fourth-order valence-electron chi connectivity index (χ4n) is 4.95. The van der Waals surface area contributed by atoms with E-state index in [4.69, 9.17) is 9.72 Å². The van der Waals surface area contributed by atoms with E-state index in [-0.39, 0.29) is 17.2 Å². The fourth-order valence-corrected chi connectivity index (χ4v) is 7.20. The summed E-state index contributed by atoms with van der Waals surface area (Å²) in [6.45, 7) is 2.78. The molecular weight excluding hydrogens is 470 g/mol. The van der Waals surface area contributed by atoms with Gasteiger partial charge < -0.3 is 9.64 Å². The van der Waals surface area contributed by atoms with E-state index in [9.17, 15) is 14.4 Å². The van der Waals surface area contributed by atoms with E-state index < -0.39 is 12.0 Å². The molecular formula is C25H27N3O4S2. The Bertz CT molecular complexity index is 1330. The van der Waals surface area contributed by atoms with E-state index in [0.29, 0.717) is 24.7 Å². The fraction of sp³-hybridized carbons (Fsp3) is 0.440. The Labute approximate surface area is 206 Å². The molecule has 0 saturated heterocycles. The topological polar surface area (TPSA) is 81.5 Å². The minimum atomic E-state index is -0.652. The maximum atomic E-state index is 13.3. The first kappa shape index (κ1) is 23.1. The Kier molecular flexibility index (Phi) is 6.48. The lowest BCUT2D eigenvalue weighted by atomic mass is 9.94. The molecule has 1 atom stereocenters. The Hall–Kier alpha value is -2.65. The van der Waals surface area contributed by atoms with Crippen molar-refractivity contribution in [3.8, 4) is 0 Å². The van der Waals surface area contributed by atoms with Crippen LogP contribution < -0.4 is 5.56 Å². The van der Waals surface area contributed by atoms with E-state index in [0.717, 1.165) is 47.0 Å². The van der Waals surface area contributed by atoms with Gasteiger partial charge in [-0.1, -0.05) is 36.0 Å². The van der Waals surface area contributed by atoms with Crippen LogP contribution in [0, 0.1) is 0 Å². The van der Waals surface area contributed by atoms with Gasteiger partial charge in [-0.3, -0.25) is 14.2 Å². The molecule has 0 spiro atoms. The molecule has 0 fully saturated rings. The summed E-state index contributed by atoms with van der Waals surface area (Å²) >= 11 is 2.88. The third kappa shape index (κ3) is 4.05. The lowest BCUT2D eigenvalue weighted by Crippen LogP contribution is -2.49. The molecule has 1 aliphatic carbocycles. The van der Waals surface area contributed by atoms with Crippen molar-refractivity contribution < 1.29 is 14.3 Å². The zero-order valence-corrected chi connectivity index (χ0v) is 21.0. The molecule has 0 saturated carbocycles. The van der Waals surface area contributed by atoms with Crippen LogP contribution in [0.2, 0.25) is 0 Å². The average Bonchev–Trinajstić information content (AvgIpc) is 3.24. The summed E-state index contributed by atoms with van der Waals surface area (Å²) in [5.74, 6) is -0.488. The van der Waals surface area contributed by atoms with Gasteiger partial charge in [-0.25, -0.2) is 9.78 Å². The number of carbonyl (C=O) groups excluding carboxylic acids is 2. The lowest BCUT2D eigenvalue weighted by Gasteiger charge is -2.35. The number of hydrogen-bond donors (Lipinski definition) is 0. The number of fused-ring (bicyclic) bond motifs is 4. The Balaban J connectivity index is 1.42. The van der Waals surface area contributed by atoms with E-state index in [1.165, 1.54) is 29.3 Å². The van der Waals surface area contributed by atoms with Crippen molar-refractivity contribution in [3.63, 3.8) is 0 Å². The van der Waals surface area contributed by atoms with Crippen LogP contribution >= 0.6 is 23.1 Å². The van der Waals surface area contributed by atoms with Crippen molar-refractivity contribution in [2.75, 3.05) is 12.9 Å². The zero-order chi connectivity index (χ0) is 23.8. The highest BCUT2D eigenvalue weighted by molar-refractivity contribution is 7.99. The number of thioether (sulfide) groups is 1. The molecule has 7 nitrogen and oxygen atoms in total. The normalized spacial score (nSPS) is 17.4. The number of rotatable bonds is 5. The molecule has 2 aromatic heterocycles. The van der Waals surface area contributed by atoms with E-state index in [2.05, 4.69) is 0 Å². The molecule has 0 bridgehead atoms. The highest BCUT2D eigenvalue weighted by Gasteiger charge is 2.35. The Morgan fingerprint density at radius 2 is 1.97 bits per heavy atom. The second-order valence-corrected chi connectivity index (χ2v) is 10.7. The van der Waals surface area contributed by atoms with Gasteiger partial charge in [0, 0.05) is 24.4 Å². The van der Waals surface area contributed by atoms with Crippen molar-refractivity contribution in [2.24, 2.45) is 0 Å². The van der Waals surface area contributed by atoms with Gasteiger partial charge >= 0.3 is 5.97 Å². The van der Waals surface area contributed by atoms with Crippen molar-refractivity contribution in [1.82, 2.24) is 14.5 Å². The number of aromatic nitrogens is 2. The molecule has 3 aromatic rings. The van der Waals surface area contributed by atoms with Gasteiger partial charge in [-0.05, 0) is 49.3 Å². The summed E-state index contributed by atoms with van der Waals surface area (Å²) in [5.41, 5.74) is 3.26. The third-order valence-electron chi connectivity index (χ3n) is 6.72. The lowest BCUT2D eigenvalue weighted by molar-refractivity contribution is -0.153. The molecule has 1 amide bonds. The van der Waals surface area contributed by atoms with Gasteiger partial charge in [0.1, 0.15) is 10.9 Å². The Morgan fingerprint density at radius 1 is 1.21 bits per heavy atom. The minimum absolute atomic E-state index is 0.0128. The molecule has 178 valence electrons. The monoisotopic (exact) mass is 497 g/mol. The van der Waals surface area contributed by atoms with Gasteiger partial charge in [-0.15, -0.1) is 11.3 Å². The van der Waals surface area contributed by atoms with Crippen LogP contribution in [0.3, 0.4) is 0 Å². The van der Waals surface area contributed by atoms with Gasteiger partial charge in [0.15, 0.2) is 5.16 Å². The first-order valence-electron chi connectivity index (χ1n) is 11.6. The second kappa shape index (κ2) is 9.54. The molecule has 0 radical (unpaired) electrons. The largest absolute Gasteiger partial charge is 0.467 e. The summed E-state index contributed by atoms with van der Waals surface area (Å²) in [7, 11) is 1.35. The van der Waals surface area contributed by atoms with Crippen LogP contribution in [0.4, 0.5) is 0 Å². The molecule has 1 unspecified atom stereocenters. The first-order chi connectivity index (χ1) is 16.5. The van der Waals surface area contributed by atoms with Gasteiger partial charge in [-0.2, -0.15) is 0 Å². The van der Waals surface area contributed by atoms with Crippen LogP contribution in [0.25, 0.3) is 10.2 Å². The first-order valence-corrected chi connectivity index (χ1v) is 13.4. The molecule has 0 N–H and O–H groups in total. The molecule has 1 aliphatic heterocycles. The standard InChI is InChI=1S/C25H27N3O4S2/c1-3-27-23(30)21-17-10-6-7-11-19(17)34-22(21)26-25(27)33-14-20(29)28-13-16-9-5-4-8-15(16)12-18(28)24(31)32-2/h4-5,8-9,18H,3,6-7,10-14H2,1-2H3. The number of hydrogen-bond acceptors (Lipinski definition) is 7. The summed E-state index contributed by atoms with van der Waals surface area (Å²) in [6.07, 6.45) is 4.64. The van der Waals surface area contributed by atoms with Gasteiger partial charge in [0.25, 0.3) is 5.56 Å². The summed E-state index contributed by atoms with van der Waals surface area (Å²) in [5, 5.41) is 1.31. The van der Waals surface area contributed by atoms with E-state index >= 15 is 0 Å². The number of nitrogens with zero attached hydrogens (tertiary/aromatic N) is 3. The number of carbonyl (C=O) groups is 2. The van der Waals surface area contributed by atoms with E-state index in [1.54, 1.807) is 20.8 Å². The van der Waals surface area contributed by atoms with E-state index in [1.807, 2.05) is 31.2 Å². The van der Waals surface area contributed by atoms with Crippen LogP contribution in [0.1, 0.15) is 41.3 Å². The number of amides is 1.